The fourth-order valence-corrected chi connectivity index (χ4v) is 3.76. The first-order chi connectivity index (χ1) is 12.2. The van der Waals surface area contributed by atoms with E-state index in [2.05, 4.69) is 17.1 Å². The van der Waals surface area contributed by atoms with Crippen LogP contribution in [-0.2, 0) is 9.53 Å². The minimum absolute atomic E-state index is 0.0645. The van der Waals surface area contributed by atoms with Gasteiger partial charge in [0.05, 0.1) is 19.3 Å². The van der Waals surface area contributed by atoms with Crippen molar-refractivity contribution in [3.63, 3.8) is 0 Å². The molecule has 0 spiro atoms. The predicted octanol–water partition coefficient (Wildman–Crippen LogP) is 2.42. The molecule has 5 nitrogen and oxygen atoms in total. The standard InChI is InChI=1S/C20H28N2O3/c1-24-17-14-18(20(23)21-11-5-6-12-21)22(15-17)13-7-9-16-8-3-4-10-19(16)25-2/h3-4,7-10,17-18H,5-6,11-15H2,1-2H3/b9-7+/t17-,18-/m0/s1. The van der Waals surface area contributed by atoms with Gasteiger partial charge in [0.25, 0.3) is 0 Å². The van der Waals surface area contributed by atoms with Crippen LogP contribution in [0.25, 0.3) is 6.08 Å². The van der Waals surface area contributed by atoms with Gasteiger partial charge in [-0.25, -0.2) is 0 Å². The third-order valence-corrected chi connectivity index (χ3v) is 5.18. The molecule has 1 amide bonds. The van der Waals surface area contributed by atoms with Crippen LogP contribution in [0.3, 0.4) is 0 Å². The molecule has 2 fully saturated rings. The topological polar surface area (TPSA) is 42.0 Å². The van der Waals surface area contributed by atoms with Crippen LogP contribution in [-0.4, -0.2) is 68.3 Å². The van der Waals surface area contributed by atoms with Gasteiger partial charge in [-0.15, -0.1) is 0 Å². The highest BCUT2D eigenvalue weighted by atomic mass is 16.5. The van der Waals surface area contributed by atoms with E-state index < -0.39 is 0 Å². The Morgan fingerprint density at radius 1 is 1.24 bits per heavy atom. The molecule has 5 heteroatoms. The molecule has 1 aromatic rings. The number of amides is 1. The number of ether oxygens (including phenoxy) is 2. The zero-order valence-corrected chi connectivity index (χ0v) is 15.2. The predicted molar refractivity (Wildman–Crippen MR) is 98.6 cm³/mol. The smallest absolute Gasteiger partial charge is 0.240 e. The number of nitrogens with zero attached hydrogens (tertiary/aromatic N) is 2. The van der Waals surface area contributed by atoms with Crippen LogP contribution in [0.15, 0.2) is 30.3 Å². The largest absolute Gasteiger partial charge is 0.496 e. The van der Waals surface area contributed by atoms with Gasteiger partial charge in [-0.1, -0.05) is 30.4 Å². The van der Waals surface area contributed by atoms with Crippen molar-refractivity contribution in [1.29, 1.82) is 0 Å². The lowest BCUT2D eigenvalue weighted by Crippen LogP contribution is -2.44. The fraction of sp³-hybridized carbons (Fsp3) is 0.550. The Morgan fingerprint density at radius 2 is 2.00 bits per heavy atom. The molecule has 2 aliphatic heterocycles. The van der Waals surface area contributed by atoms with E-state index in [4.69, 9.17) is 9.47 Å². The first-order valence-corrected chi connectivity index (χ1v) is 9.08. The zero-order chi connectivity index (χ0) is 17.6. The van der Waals surface area contributed by atoms with Crippen LogP contribution in [0.5, 0.6) is 5.75 Å². The molecule has 2 saturated heterocycles. The molecule has 0 unspecified atom stereocenters. The van der Waals surface area contributed by atoms with Gasteiger partial charge in [-0.3, -0.25) is 9.69 Å². The number of carbonyl (C=O) groups excluding carboxylic acids is 1. The second kappa shape index (κ2) is 8.50. The summed E-state index contributed by atoms with van der Waals surface area (Å²) < 4.78 is 10.9. The molecule has 0 N–H and O–H groups in total. The summed E-state index contributed by atoms with van der Waals surface area (Å²) in [7, 11) is 3.41. The van der Waals surface area contributed by atoms with Crippen molar-refractivity contribution in [2.75, 3.05) is 40.4 Å². The Labute approximate surface area is 150 Å². The Hall–Kier alpha value is -1.85. The number of benzene rings is 1. The van der Waals surface area contributed by atoms with Crippen LogP contribution in [0.4, 0.5) is 0 Å². The summed E-state index contributed by atoms with van der Waals surface area (Å²) >= 11 is 0. The van der Waals surface area contributed by atoms with Crippen LogP contribution in [0, 0.1) is 0 Å². The molecule has 136 valence electrons. The number of likely N-dealkylation sites (tertiary alicyclic amines) is 2. The molecule has 2 aliphatic rings. The third kappa shape index (κ3) is 4.22. The van der Waals surface area contributed by atoms with E-state index in [-0.39, 0.29) is 18.1 Å². The van der Waals surface area contributed by atoms with Gasteiger partial charge in [0, 0.05) is 38.9 Å². The number of para-hydroxylation sites is 1. The number of hydrogen-bond donors (Lipinski definition) is 0. The van der Waals surface area contributed by atoms with Gasteiger partial charge >= 0.3 is 0 Å². The van der Waals surface area contributed by atoms with E-state index in [9.17, 15) is 4.79 Å². The molecule has 0 aliphatic carbocycles. The average Bonchev–Trinajstić information content (AvgIpc) is 3.31. The molecule has 0 saturated carbocycles. The summed E-state index contributed by atoms with van der Waals surface area (Å²) in [6.07, 6.45) is 7.35. The van der Waals surface area contributed by atoms with E-state index in [1.807, 2.05) is 29.2 Å². The lowest BCUT2D eigenvalue weighted by Gasteiger charge is -2.26. The highest BCUT2D eigenvalue weighted by molar-refractivity contribution is 5.82. The number of methoxy groups -OCH3 is 2. The van der Waals surface area contributed by atoms with Crippen LogP contribution < -0.4 is 4.74 Å². The van der Waals surface area contributed by atoms with Gasteiger partial charge in [0.1, 0.15) is 5.75 Å². The number of rotatable bonds is 6. The Balaban J connectivity index is 1.66. The molecule has 2 heterocycles. The average molecular weight is 344 g/mol. The van der Waals surface area contributed by atoms with Gasteiger partial charge in [-0.2, -0.15) is 0 Å². The lowest BCUT2D eigenvalue weighted by atomic mass is 10.1. The van der Waals surface area contributed by atoms with E-state index in [0.717, 1.165) is 56.8 Å². The van der Waals surface area contributed by atoms with Crippen LogP contribution in [0.2, 0.25) is 0 Å². The van der Waals surface area contributed by atoms with Crippen molar-refractivity contribution in [1.82, 2.24) is 9.80 Å². The summed E-state index contributed by atoms with van der Waals surface area (Å²) in [5.41, 5.74) is 1.05. The summed E-state index contributed by atoms with van der Waals surface area (Å²) in [4.78, 5) is 17.1. The molecule has 0 aromatic heterocycles. The summed E-state index contributed by atoms with van der Waals surface area (Å²) in [5.74, 6) is 1.13. The first kappa shape index (κ1) is 18.0. The first-order valence-electron chi connectivity index (χ1n) is 9.08. The van der Waals surface area contributed by atoms with Gasteiger partial charge in [0.15, 0.2) is 0 Å². The highest BCUT2D eigenvalue weighted by Gasteiger charge is 2.38. The van der Waals surface area contributed by atoms with E-state index in [0.29, 0.717) is 0 Å². The van der Waals surface area contributed by atoms with Gasteiger partial charge in [0.2, 0.25) is 5.91 Å². The molecular formula is C20H28N2O3. The maximum atomic E-state index is 12.8. The van der Waals surface area contributed by atoms with E-state index in [1.165, 1.54) is 0 Å². The minimum atomic E-state index is -0.0645. The highest BCUT2D eigenvalue weighted by Crippen LogP contribution is 2.24. The van der Waals surface area contributed by atoms with E-state index >= 15 is 0 Å². The summed E-state index contributed by atoms with van der Waals surface area (Å²) in [5, 5.41) is 0. The zero-order valence-electron chi connectivity index (χ0n) is 15.2. The van der Waals surface area contributed by atoms with Crippen molar-refractivity contribution < 1.29 is 14.3 Å². The van der Waals surface area contributed by atoms with Crippen molar-refractivity contribution >= 4 is 12.0 Å². The molecule has 2 atom stereocenters. The SMILES string of the molecule is COc1ccccc1/C=C/CN1C[C@@H](OC)C[C@H]1C(=O)N1CCCC1. The second-order valence-corrected chi connectivity index (χ2v) is 6.74. The third-order valence-electron chi connectivity index (χ3n) is 5.18. The summed E-state index contributed by atoms with van der Waals surface area (Å²) in [6.45, 7) is 3.34. The fourth-order valence-electron chi connectivity index (χ4n) is 3.76. The molecular weight excluding hydrogens is 316 g/mol. The summed E-state index contributed by atoms with van der Waals surface area (Å²) in [6, 6.07) is 7.88. The molecule has 25 heavy (non-hydrogen) atoms. The second-order valence-electron chi connectivity index (χ2n) is 6.74. The quantitative estimate of drug-likeness (QED) is 0.795. The normalized spacial score (nSPS) is 24.3. The van der Waals surface area contributed by atoms with Crippen molar-refractivity contribution in [3.8, 4) is 5.75 Å². The lowest BCUT2D eigenvalue weighted by molar-refractivity contribution is -0.134. The van der Waals surface area contributed by atoms with Crippen LogP contribution >= 0.6 is 0 Å². The maximum Gasteiger partial charge on any atom is 0.240 e. The van der Waals surface area contributed by atoms with Crippen molar-refractivity contribution in [3.05, 3.63) is 35.9 Å². The van der Waals surface area contributed by atoms with Crippen molar-refractivity contribution in [2.45, 2.75) is 31.4 Å². The Bertz CT molecular complexity index is 611. The molecule has 0 radical (unpaired) electrons. The van der Waals surface area contributed by atoms with Gasteiger partial charge < -0.3 is 14.4 Å². The van der Waals surface area contributed by atoms with Gasteiger partial charge in [-0.05, 0) is 25.3 Å². The minimum Gasteiger partial charge on any atom is -0.496 e. The van der Waals surface area contributed by atoms with Crippen LogP contribution in [0.1, 0.15) is 24.8 Å². The Morgan fingerprint density at radius 3 is 2.72 bits per heavy atom. The monoisotopic (exact) mass is 344 g/mol. The molecule has 1 aromatic carbocycles. The molecule has 3 rings (SSSR count). The van der Waals surface area contributed by atoms with Crippen molar-refractivity contribution in [2.24, 2.45) is 0 Å². The molecule has 0 bridgehead atoms. The Kier molecular flexibility index (Phi) is 6.10. The van der Waals surface area contributed by atoms with E-state index in [1.54, 1.807) is 14.2 Å². The maximum absolute atomic E-state index is 12.8. The number of carbonyl (C=O) groups is 1. The number of hydrogen-bond acceptors (Lipinski definition) is 4.